The number of nitrogens with one attached hydrogen (secondary N) is 1. The van der Waals surface area contributed by atoms with Crippen LogP contribution in [0.3, 0.4) is 0 Å². The van der Waals surface area contributed by atoms with Crippen LogP contribution in [0, 0.1) is 5.92 Å². The molecule has 120 valence electrons. The number of fused-ring (bicyclic) bond motifs is 1. The first kappa shape index (κ1) is 17.0. The SMILES string of the molecule is COC(=O)[C@@H](CC(C)(C)Br)[C@]1(OC)NC(=O)c2ccccc21. The van der Waals surface area contributed by atoms with Crippen molar-refractivity contribution in [2.45, 2.75) is 30.3 Å². The zero-order valence-electron chi connectivity index (χ0n) is 13.1. The molecule has 0 aromatic heterocycles. The fourth-order valence-electron chi connectivity index (χ4n) is 2.91. The minimum atomic E-state index is -1.22. The van der Waals surface area contributed by atoms with Crippen molar-refractivity contribution >= 4 is 27.8 Å². The van der Waals surface area contributed by atoms with E-state index in [2.05, 4.69) is 21.2 Å². The molecule has 2 atom stereocenters. The Balaban J connectivity index is 2.57. The fourth-order valence-corrected chi connectivity index (χ4v) is 3.23. The van der Waals surface area contributed by atoms with Crippen LogP contribution < -0.4 is 5.32 Å². The highest BCUT2D eigenvalue weighted by atomic mass is 79.9. The summed E-state index contributed by atoms with van der Waals surface area (Å²) >= 11 is 3.56. The van der Waals surface area contributed by atoms with E-state index in [4.69, 9.17) is 9.47 Å². The topological polar surface area (TPSA) is 64.6 Å². The highest BCUT2D eigenvalue weighted by molar-refractivity contribution is 9.10. The Labute approximate surface area is 138 Å². The summed E-state index contributed by atoms with van der Waals surface area (Å²) in [5.74, 6) is -1.35. The van der Waals surface area contributed by atoms with E-state index in [1.54, 1.807) is 18.2 Å². The van der Waals surface area contributed by atoms with E-state index in [1.807, 2.05) is 19.9 Å². The molecule has 0 spiro atoms. The number of hydrogen-bond acceptors (Lipinski definition) is 4. The lowest BCUT2D eigenvalue weighted by Gasteiger charge is -2.37. The Morgan fingerprint density at radius 2 is 2.00 bits per heavy atom. The summed E-state index contributed by atoms with van der Waals surface area (Å²) in [5.41, 5.74) is -0.0356. The van der Waals surface area contributed by atoms with Gasteiger partial charge < -0.3 is 14.8 Å². The van der Waals surface area contributed by atoms with Crippen molar-refractivity contribution in [3.63, 3.8) is 0 Å². The quantitative estimate of drug-likeness (QED) is 0.639. The van der Waals surface area contributed by atoms with Gasteiger partial charge in [0.2, 0.25) is 0 Å². The molecule has 1 amide bonds. The van der Waals surface area contributed by atoms with Gasteiger partial charge in [0.1, 0.15) is 5.92 Å². The van der Waals surface area contributed by atoms with E-state index in [9.17, 15) is 9.59 Å². The molecule has 0 bridgehead atoms. The number of halogens is 1. The summed E-state index contributed by atoms with van der Waals surface area (Å²) in [7, 11) is 2.82. The highest BCUT2D eigenvalue weighted by Gasteiger charge is 2.53. The first-order valence-corrected chi connectivity index (χ1v) is 7.78. The predicted molar refractivity (Wildman–Crippen MR) is 85.7 cm³/mol. The van der Waals surface area contributed by atoms with Gasteiger partial charge in [0.25, 0.3) is 5.91 Å². The van der Waals surface area contributed by atoms with E-state index in [-0.39, 0.29) is 10.2 Å². The van der Waals surface area contributed by atoms with Crippen LogP contribution in [-0.2, 0) is 20.0 Å². The van der Waals surface area contributed by atoms with Gasteiger partial charge >= 0.3 is 5.97 Å². The molecule has 2 rings (SSSR count). The van der Waals surface area contributed by atoms with Crippen LogP contribution >= 0.6 is 15.9 Å². The first-order chi connectivity index (χ1) is 10.2. The van der Waals surface area contributed by atoms with Crippen molar-refractivity contribution in [2.24, 2.45) is 5.92 Å². The maximum atomic E-state index is 12.4. The van der Waals surface area contributed by atoms with E-state index >= 15 is 0 Å². The van der Waals surface area contributed by atoms with Gasteiger partial charge in [0.05, 0.1) is 7.11 Å². The third-order valence-electron chi connectivity index (χ3n) is 3.86. The normalized spacial score (nSPS) is 22.0. The minimum absolute atomic E-state index is 0.251. The number of methoxy groups -OCH3 is 2. The number of ether oxygens (including phenoxy) is 2. The summed E-state index contributed by atoms with van der Waals surface area (Å²) in [6.45, 7) is 3.91. The standard InChI is InChI=1S/C16H20BrNO4/c1-15(2,17)9-12(14(20)21-3)16(22-4)11-8-6-5-7-10(11)13(19)18-16/h5-8,12H,9H2,1-4H3,(H,18,19)/t12-,16+/m1/s1. The molecular formula is C16H20BrNO4. The molecule has 0 saturated carbocycles. The molecule has 0 saturated heterocycles. The Bertz CT molecular complexity index is 596. The van der Waals surface area contributed by atoms with Gasteiger partial charge in [0.15, 0.2) is 5.72 Å². The summed E-state index contributed by atoms with van der Waals surface area (Å²) in [6, 6.07) is 7.12. The maximum absolute atomic E-state index is 12.4. The molecular weight excluding hydrogens is 350 g/mol. The fraction of sp³-hybridized carbons (Fsp3) is 0.500. The van der Waals surface area contributed by atoms with Gasteiger partial charge in [-0.2, -0.15) is 0 Å². The van der Waals surface area contributed by atoms with E-state index < -0.39 is 17.6 Å². The van der Waals surface area contributed by atoms with Crippen molar-refractivity contribution in [1.82, 2.24) is 5.32 Å². The van der Waals surface area contributed by atoms with Gasteiger partial charge in [0, 0.05) is 22.6 Å². The van der Waals surface area contributed by atoms with Crippen LogP contribution in [0.2, 0.25) is 0 Å². The van der Waals surface area contributed by atoms with Gasteiger partial charge in [-0.3, -0.25) is 9.59 Å². The van der Waals surface area contributed by atoms with E-state index in [1.165, 1.54) is 14.2 Å². The van der Waals surface area contributed by atoms with Crippen LogP contribution in [0.15, 0.2) is 24.3 Å². The number of carbonyl (C=O) groups excluding carboxylic acids is 2. The molecule has 0 unspecified atom stereocenters. The molecule has 1 heterocycles. The third-order valence-corrected chi connectivity index (χ3v) is 4.18. The Hall–Kier alpha value is -1.40. The van der Waals surface area contributed by atoms with Crippen molar-refractivity contribution in [3.05, 3.63) is 35.4 Å². The Morgan fingerprint density at radius 3 is 2.55 bits per heavy atom. The zero-order valence-corrected chi connectivity index (χ0v) is 14.7. The molecule has 1 aromatic carbocycles. The second-order valence-corrected chi connectivity index (χ2v) is 8.08. The van der Waals surface area contributed by atoms with Crippen molar-refractivity contribution in [1.29, 1.82) is 0 Å². The second kappa shape index (κ2) is 6.01. The Kier molecular flexibility index (Phi) is 4.63. The smallest absolute Gasteiger partial charge is 0.314 e. The lowest BCUT2D eigenvalue weighted by Crippen LogP contribution is -2.52. The van der Waals surface area contributed by atoms with Crippen molar-refractivity contribution < 1.29 is 19.1 Å². The highest BCUT2D eigenvalue weighted by Crippen LogP contribution is 2.43. The monoisotopic (exact) mass is 369 g/mol. The van der Waals surface area contributed by atoms with Gasteiger partial charge in [-0.05, 0) is 12.5 Å². The maximum Gasteiger partial charge on any atom is 0.314 e. The van der Waals surface area contributed by atoms with E-state index in [0.717, 1.165) is 0 Å². The molecule has 0 fully saturated rings. The number of carbonyl (C=O) groups is 2. The number of amides is 1. The zero-order chi connectivity index (χ0) is 16.5. The minimum Gasteiger partial charge on any atom is -0.469 e. The predicted octanol–water partition coefficient (Wildman–Crippen LogP) is 2.58. The lowest BCUT2D eigenvalue weighted by molar-refractivity contribution is -0.163. The largest absolute Gasteiger partial charge is 0.469 e. The third kappa shape index (κ3) is 2.90. The second-order valence-electron chi connectivity index (χ2n) is 5.94. The molecule has 1 aromatic rings. The molecule has 1 aliphatic heterocycles. The van der Waals surface area contributed by atoms with Crippen molar-refractivity contribution in [3.8, 4) is 0 Å². The molecule has 1 N–H and O–H groups in total. The molecule has 22 heavy (non-hydrogen) atoms. The average molecular weight is 370 g/mol. The van der Waals surface area contributed by atoms with Crippen LogP contribution in [-0.4, -0.2) is 30.4 Å². The molecule has 0 radical (unpaired) electrons. The number of benzene rings is 1. The van der Waals surface area contributed by atoms with Crippen LogP contribution in [0.5, 0.6) is 0 Å². The molecule has 1 aliphatic rings. The van der Waals surface area contributed by atoms with Crippen LogP contribution in [0.1, 0.15) is 36.2 Å². The lowest BCUT2D eigenvalue weighted by atomic mass is 9.83. The first-order valence-electron chi connectivity index (χ1n) is 6.99. The van der Waals surface area contributed by atoms with Gasteiger partial charge in [-0.15, -0.1) is 0 Å². The van der Waals surface area contributed by atoms with Gasteiger partial charge in [-0.1, -0.05) is 48.0 Å². The Morgan fingerprint density at radius 1 is 1.36 bits per heavy atom. The molecule has 6 heteroatoms. The average Bonchev–Trinajstić information content (AvgIpc) is 2.77. The molecule has 0 aliphatic carbocycles. The number of rotatable bonds is 5. The molecule has 5 nitrogen and oxygen atoms in total. The summed E-state index contributed by atoms with van der Waals surface area (Å²) < 4.78 is 10.3. The number of esters is 1. The van der Waals surface area contributed by atoms with Crippen LogP contribution in [0.25, 0.3) is 0 Å². The summed E-state index contributed by atoms with van der Waals surface area (Å²) in [4.78, 5) is 24.6. The van der Waals surface area contributed by atoms with E-state index in [0.29, 0.717) is 17.5 Å². The number of hydrogen-bond donors (Lipinski definition) is 1. The van der Waals surface area contributed by atoms with Crippen molar-refractivity contribution in [2.75, 3.05) is 14.2 Å². The number of alkyl halides is 1. The summed E-state index contributed by atoms with van der Waals surface area (Å²) in [6.07, 6.45) is 0.433. The summed E-state index contributed by atoms with van der Waals surface area (Å²) in [5, 5.41) is 2.84. The van der Waals surface area contributed by atoms with Gasteiger partial charge in [-0.25, -0.2) is 0 Å². The van der Waals surface area contributed by atoms with Crippen LogP contribution in [0.4, 0.5) is 0 Å².